The summed E-state index contributed by atoms with van der Waals surface area (Å²) in [4.78, 5) is 26.1. The molecule has 1 amide bonds. The summed E-state index contributed by atoms with van der Waals surface area (Å²) in [6.45, 7) is 1.86. The average Bonchev–Trinajstić information content (AvgIpc) is 2.80. The van der Waals surface area contributed by atoms with Gasteiger partial charge >= 0.3 is 5.97 Å². The van der Waals surface area contributed by atoms with Gasteiger partial charge in [-0.1, -0.05) is 84.4 Å². The lowest BCUT2D eigenvalue weighted by atomic mass is 9.75. The molecule has 0 spiro atoms. The van der Waals surface area contributed by atoms with Crippen molar-refractivity contribution >= 4 is 23.5 Å². The van der Waals surface area contributed by atoms with E-state index in [9.17, 15) is 9.59 Å². The van der Waals surface area contributed by atoms with Gasteiger partial charge in [-0.15, -0.1) is 0 Å². The predicted molar refractivity (Wildman–Crippen MR) is 118 cm³/mol. The van der Waals surface area contributed by atoms with Gasteiger partial charge in [-0.2, -0.15) is 0 Å². The van der Waals surface area contributed by atoms with Crippen molar-refractivity contribution in [3.8, 4) is 0 Å². The van der Waals surface area contributed by atoms with Crippen LogP contribution in [0.2, 0.25) is 5.02 Å². The van der Waals surface area contributed by atoms with Gasteiger partial charge < -0.3 is 10.1 Å². The van der Waals surface area contributed by atoms with Gasteiger partial charge in [0.05, 0.1) is 12.5 Å². The molecule has 0 heterocycles. The van der Waals surface area contributed by atoms with Crippen molar-refractivity contribution in [2.75, 3.05) is 7.11 Å². The highest BCUT2D eigenvalue weighted by Crippen LogP contribution is 2.32. The predicted octanol–water partition coefficient (Wildman–Crippen LogP) is 4.55. The van der Waals surface area contributed by atoms with E-state index < -0.39 is 17.4 Å². The first-order valence-corrected chi connectivity index (χ1v) is 10.1. The maximum Gasteiger partial charge on any atom is 0.328 e. The third-order valence-corrected chi connectivity index (χ3v) is 5.55. The molecule has 1 atom stereocenters. The summed E-state index contributed by atoms with van der Waals surface area (Å²) in [5, 5.41) is 3.53. The lowest BCUT2D eigenvalue weighted by Crippen LogP contribution is -2.51. The van der Waals surface area contributed by atoms with Crippen LogP contribution in [0.15, 0.2) is 84.9 Å². The molecular weight excluding hydrogens is 398 g/mol. The third-order valence-electron chi connectivity index (χ3n) is 5.30. The number of halogens is 1. The highest BCUT2D eigenvalue weighted by molar-refractivity contribution is 6.30. The number of rotatable bonds is 7. The molecule has 0 saturated heterocycles. The van der Waals surface area contributed by atoms with Crippen LogP contribution in [0, 0.1) is 0 Å². The number of hydrogen-bond donors (Lipinski definition) is 1. The van der Waals surface area contributed by atoms with E-state index in [1.165, 1.54) is 7.11 Å². The number of ether oxygens (including phenoxy) is 1. The zero-order chi connectivity index (χ0) is 21.6. The highest BCUT2D eigenvalue weighted by Gasteiger charge is 2.39. The van der Waals surface area contributed by atoms with Gasteiger partial charge in [0.2, 0.25) is 5.91 Å². The Morgan fingerprint density at radius 3 is 1.87 bits per heavy atom. The van der Waals surface area contributed by atoms with Crippen LogP contribution < -0.4 is 5.32 Å². The molecule has 0 fully saturated rings. The average molecular weight is 422 g/mol. The van der Waals surface area contributed by atoms with Gasteiger partial charge in [0, 0.05) is 11.4 Å². The standard InChI is InChI=1S/C25H24ClNO3/c1-25(19-9-5-3-6-10-19,20-11-7-4-8-12-20)24(29)27-22(23(28)30-2)17-18-13-15-21(26)16-14-18/h3-16,22H,17H2,1-2H3,(H,27,29)/t22-/m1/s1. The van der Waals surface area contributed by atoms with Gasteiger partial charge in [0.25, 0.3) is 0 Å². The van der Waals surface area contributed by atoms with Crippen LogP contribution in [0.1, 0.15) is 23.6 Å². The smallest absolute Gasteiger partial charge is 0.328 e. The monoisotopic (exact) mass is 421 g/mol. The fraction of sp³-hybridized carbons (Fsp3) is 0.200. The van der Waals surface area contributed by atoms with Crippen LogP contribution in [0.3, 0.4) is 0 Å². The van der Waals surface area contributed by atoms with Crippen molar-refractivity contribution < 1.29 is 14.3 Å². The van der Waals surface area contributed by atoms with Crippen molar-refractivity contribution in [1.82, 2.24) is 5.32 Å². The minimum absolute atomic E-state index is 0.274. The topological polar surface area (TPSA) is 55.4 Å². The number of benzene rings is 3. The molecule has 0 bridgehead atoms. The Kier molecular flexibility index (Phi) is 6.91. The summed E-state index contributed by atoms with van der Waals surface area (Å²) in [6.07, 6.45) is 0.301. The van der Waals surface area contributed by atoms with Crippen LogP contribution in [0.5, 0.6) is 0 Å². The van der Waals surface area contributed by atoms with Gasteiger partial charge in [0.1, 0.15) is 6.04 Å². The van der Waals surface area contributed by atoms with E-state index in [2.05, 4.69) is 5.32 Å². The van der Waals surface area contributed by atoms with Crippen molar-refractivity contribution in [2.24, 2.45) is 0 Å². The molecule has 3 rings (SSSR count). The quantitative estimate of drug-likeness (QED) is 0.569. The zero-order valence-corrected chi connectivity index (χ0v) is 17.7. The number of methoxy groups -OCH3 is 1. The van der Waals surface area contributed by atoms with E-state index in [-0.39, 0.29) is 5.91 Å². The van der Waals surface area contributed by atoms with Crippen molar-refractivity contribution in [3.05, 3.63) is 107 Å². The zero-order valence-electron chi connectivity index (χ0n) is 17.0. The van der Waals surface area contributed by atoms with Crippen LogP contribution in [0.25, 0.3) is 0 Å². The number of esters is 1. The Morgan fingerprint density at radius 2 is 1.40 bits per heavy atom. The number of amides is 1. The maximum atomic E-state index is 13.6. The molecule has 5 heteroatoms. The fourth-order valence-electron chi connectivity index (χ4n) is 3.47. The molecule has 3 aromatic rings. The van der Waals surface area contributed by atoms with Gasteiger partial charge in [0.15, 0.2) is 0 Å². The van der Waals surface area contributed by atoms with Crippen molar-refractivity contribution in [1.29, 1.82) is 0 Å². The first-order valence-electron chi connectivity index (χ1n) is 9.69. The lowest BCUT2D eigenvalue weighted by molar-refractivity contribution is -0.145. The molecule has 0 unspecified atom stereocenters. The Labute approximate surface area is 181 Å². The van der Waals surface area contributed by atoms with E-state index in [0.717, 1.165) is 16.7 Å². The Morgan fingerprint density at radius 1 is 0.900 bits per heavy atom. The molecule has 0 radical (unpaired) electrons. The Bertz CT molecular complexity index is 948. The second kappa shape index (κ2) is 9.59. The van der Waals surface area contributed by atoms with Crippen LogP contribution >= 0.6 is 11.6 Å². The maximum absolute atomic E-state index is 13.6. The number of carbonyl (C=O) groups is 2. The SMILES string of the molecule is COC(=O)[C@@H](Cc1ccc(Cl)cc1)NC(=O)C(C)(c1ccccc1)c1ccccc1. The van der Waals surface area contributed by atoms with E-state index in [0.29, 0.717) is 11.4 Å². The summed E-state index contributed by atoms with van der Waals surface area (Å²) >= 11 is 5.96. The Hall–Kier alpha value is -3.11. The van der Waals surface area contributed by atoms with Crippen molar-refractivity contribution in [3.63, 3.8) is 0 Å². The van der Waals surface area contributed by atoms with E-state index >= 15 is 0 Å². The summed E-state index contributed by atoms with van der Waals surface area (Å²) in [6, 6.07) is 25.4. The molecule has 0 aliphatic rings. The molecule has 154 valence electrons. The van der Waals surface area contributed by atoms with Crippen LogP contribution in [-0.4, -0.2) is 25.0 Å². The van der Waals surface area contributed by atoms with Gasteiger partial charge in [-0.25, -0.2) is 4.79 Å². The molecule has 30 heavy (non-hydrogen) atoms. The summed E-state index contributed by atoms with van der Waals surface area (Å²) < 4.78 is 4.95. The first-order chi connectivity index (χ1) is 14.4. The number of carbonyl (C=O) groups excluding carboxylic acids is 2. The minimum Gasteiger partial charge on any atom is -0.467 e. The molecule has 0 aromatic heterocycles. The second-order valence-electron chi connectivity index (χ2n) is 7.24. The first kappa shape index (κ1) is 21.6. The summed E-state index contributed by atoms with van der Waals surface area (Å²) in [7, 11) is 1.32. The minimum atomic E-state index is -0.977. The van der Waals surface area contributed by atoms with E-state index in [1.807, 2.05) is 79.7 Å². The van der Waals surface area contributed by atoms with E-state index in [4.69, 9.17) is 16.3 Å². The molecule has 0 aliphatic heterocycles. The normalized spacial score (nSPS) is 12.1. The fourth-order valence-corrected chi connectivity index (χ4v) is 3.59. The third kappa shape index (κ3) is 4.71. The molecule has 3 aromatic carbocycles. The number of hydrogen-bond acceptors (Lipinski definition) is 3. The largest absolute Gasteiger partial charge is 0.467 e. The van der Waals surface area contributed by atoms with Crippen LogP contribution in [0.4, 0.5) is 0 Å². The summed E-state index contributed by atoms with van der Waals surface area (Å²) in [5.74, 6) is -0.772. The Balaban J connectivity index is 1.94. The lowest BCUT2D eigenvalue weighted by Gasteiger charge is -2.31. The summed E-state index contributed by atoms with van der Waals surface area (Å²) in [5.41, 5.74) is 1.57. The van der Waals surface area contributed by atoms with Gasteiger partial charge in [-0.3, -0.25) is 4.79 Å². The van der Waals surface area contributed by atoms with Crippen LogP contribution in [-0.2, 0) is 26.2 Å². The second-order valence-corrected chi connectivity index (χ2v) is 7.67. The van der Waals surface area contributed by atoms with E-state index in [1.54, 1.807) is 12.1 Å². The number of nitrogens with one attached hydrogen (secondary N) is 1. The van der Waals surface area contributed by atoms with Gasteiger partial charge in [-0.05, 0) is 35.7 Å². The molecular formula is C25H24ClNO3. The highest BCUT2D eigenvalue weighted by atomic mass is 35.5. The molecule has 4 nitrogen and oxygen atoms in total. The molecule has 0 aliphatic carbocycles. The molecule has 0 saturated carbocycles. The molecule has 1 N–H and O–H groups in total. The van der Waals surface area contributed by atoms with Crippen molar-refractivity contribution in [2.45, 2.75) is 24.8 Å².